The Bertz CT molecular complexity index is 2410. The first-order valence-corrected chi connectivity index (χ1v) is 16.4. The maximum absolute atomic E-state index is 2.48. The molecule has 1 aliphatic rings. The highest BCUT2D eigenvalue weighted by atomic mass is 15.1. The summed E-state index contributed by atoms with van der Waals surface area (Å²) in [5, 5.41) is 3.77. The second kappa shape index (κ2) is 10.6. The molecule has 47 heavy (non-hydrogen) atoms. The molecular formula is C45H34N2. The average Bonchev–Trinajstić information content (AvgIpc) is 3.60. The Hall–Kier alpha value is -5.86. The number of aromatic nitrogens is 1. The van der Waals surface area contributed by atoms with E-state index in [4.69, 9.17) is 0 Å². The van der Waals surface area contributed by atoms with Gasteiger partial charge in [-0.05, 0) is 82.2 Å². The molecule has 2 nitrogen and oxygen atoms in total. The normalized spacial score (nSPS) is 13.1. The van der Waals surface area contributed by atoms with Gasteiger partial charge in [0.25, 0.3) is 0 Å². The fourth-order valence-electron chi connectivity index (χ4n) is 7.76. The summed E-state index contributed by atoms with van der Waals surface area (Å²) >= 11 is 0. The monoisotopic (exact) mass is 602 g/mol. The van der Waals surface area contributed by atoms with E-state index in [0.717, 1.165) is 11.4 Å². The number of nitrogens with zero attached hydrogens (tertiary/aromatic N) is 2. The van der Waals surface area contributed by atoms with E-state index in [1.165, 1.54) is 66.6 Å². The van der Waals surface area contributed by atoms with Crippen LogP contribution in [0.15, 0.2) is 170 Å². The zero-order valence-electron chi connectivity index (χ0n) is 26.6. The highest BCUT2D eigenvalue weighted by molar-refractivity contribution is 6.04. The van der Waals surface area contributed by atoms with Crippen LogP contribution in [0.1, 0.15) is 25.1 Å². The number of para-hydroxylation sites is 3. The fourth-order valence-corrected chi connectivity index (χ4v) is 7.76. The van der Waals surface area contributed by atoms with E-state index in [0.29, 0.717) is 0 Å². The maximum atomic E-state index is 2.48. The smallest absolute Gasteiger partial charge is 0.0540 e. The van der Waals surface area contributed by atoms with Crippen molar-refractivity contribution < 1.29 is 0 Å². The minimum absolute atomic E-state index is 0.142. The first kappa shape index (κ1) is 27.5. The van der Waals surface area contributed by atoms with Gasteiger partial charge in [0.05, 0.1) is 11.2 Å². The molecule has 1 aromatic heterocycles. The molecule has 0 saturated heterocycles. The first-order chi connectivity index (χ1) is 23.1. The van der Waals surface area contributed by atoms with Gasteiger partial charge in [-0.1, -0.05) is 129 Å². The van der Waals surface area contributed by atoms with Gasteiger partial charge >= 0.3 is 0 Å². The van der Waals surface area contributed by atoms with Crippen LogP contribution >= 0.6 is 0 Å². The molecule has 0 unspecified atom stereocenters. The predicted molar refractivity (Wildman–Crippen MR) is 198 cm³/mol. The standard InChI is InChI=1S/C45H34N2/c1-45(2)40-29-26-33(30-39(40)43-38-21-11-12-22-42(38)47(44(43)45)35-18-7-4-8-19-35)31-24-27-36(28-25-31)46(34-16-5-3-6-17-34)41-23-13-15-32-14-9-10-20-37(32)41/h3-30H,1-2H3. The summed E-state index contributed by atoms with van der Waals surface area (Å²) in [5.74, 6) is 0. The number of anilines is 3. The average molecular weight is 603 g/mol. The largest absolute Gasteiger partial charge is 0.312 e. The van der Waals surface area contributed by atoms with Crippen LogP contribution in [0.3, 0.4) is 0 Å². The van der Waals surface area contributed by atoms with Gasteiger partial charge in [0.2, 0.25) is 0 Å². The number of hydrogen-bond donors (Lipinski definition) is 0. The topological polar surface area (TPSA) is 8.17 Å². The summed E-state index contributed by atoms with van der Waals surface area (Å²) in [5.41, 5.74) is 13.6. The summed E-state index contributed by atoms with van der Waals surface area (Å²) in [6.45, 7) is 4.74. The third-order valence-electron chi connectivity index (χ3n) is 9.92. The van der Waals surface area contributed by atoms with Gasteiger partial charge in [-0.15, -0.1) is 0 Å². The lowest BCUT2D eigenvalue weighted by Gasteiger charge is -2.27. The molecule has 0 amide bonds. The van der Waals surface area contributed by atoms with Gasteiger partial charge < -0.3 is 9.47 Å². The van der Waals surface area contributed by atoms with E-state index in [1.807, 2.05) is 0 Å². The predicted octanol–water partition coefficient (Wildman–Crippen LogP) is 12.2. The van der Waals surface area contributed by atoms with Gasteiger partial charge in [-0.3, -0.25) is 0 Å². The van der Waals surface area contributed by atoms with Crippen molar-refractivity contribution in [1.29, 1.82) is 0 Å². The Kier molecular flexibility index (Phi) is 6.20. The van der Waals surface area contributed by atoms with Crippen molar-refractivity contribution in [2.45, 2.75) is 19.3 Å². The van der Waals surface area contributed by atoms with Crippen LogP contribution in [0.2, 0.25) is 0 Å². The minimum atomic E-state index is -0.142. The first-order valence-electron chi connectivity index (χ1n) is 16.4. The van der Waals surface area contributed by atoms with Crippen molar-refractivity contribution in [3.8, 4) is 27.9 Å². The van der Waals surface area contributed by atoms with E-state index in [-0.39, 0.29) is 5.41 Å². The third-order valence-corrected chi connectivity index (χ3v) is 9.92. The third kappa shape index (κ3) is 4.26. The molecule has 0 atom stereocenters. The Morgan fingerprint density at radius 1 is 0.511 bits per heavy atom. The van der Waals surface area contributed by atoms with Crippen LogP contribution < -0.4 is 4.90 Å². The van der Waals surface area contributed by atoms with E-state index >= 15 is 0 Å². The van der Waals surface area contributed by atoms with Crippen molar-refractivity contribution in [1.82, 2.24) is 4.57 Å². The Morgan fingerprint density at radius 3 is 1.91 bits per heavy atom. The van der Waals surface area contributed by atoms with Gasteiger partial charge in [-0.25, -0.2) is 0 Å². The number of fused-ring (bicyclic) bond motifs is 6. The SMILES string of the molecule is CC1(C)c2ccc(-c3ccc(N(c4ccccc4)c4cccc5ccccc45)cc3)cc2-c2c1n(-c1ccccc1)c1ccccc21. The van der Waals surface area contributed by atoms with Crippen molar-refractivity contribution >= 4 is 38.7 Å². The molecule has 1 aliphatic carbocycles. The minimum Gasteiger partial charge on any atom is -0.312 e. The second-order valence-electron chi connectivity index (χ2n) is 13.0. The summed E-state index contributed by atoms with van der Waals surface area (Å²) < 4.78 is 2.48. The van der Waals surface area contributed by atoms with Crippen LogP contribution in [0.25, 0.3) is 49.6 Å². The van der Waals surface area contributed by atoms with Crippen molar-refractivity contribution in [2.75, 3.05) is 4.90 Å². The molecule has 8 aromatic rings. The van der Waals surface area contributed by atoms with E-state index in [2.05, 4.69) is 193 Å². The lowest BCUT2D eigenvalue weighted by Crippen LogP contribution is -2.19. The van der Waals surface area contributed by atoms with Crippen molar-refractivity contribution in [3.63, 3.8) is 0 Å². The van der Waals surface area contributed by atoms with Crippen LogP contribution in [-0.2, 0) is 5.41 Å². The molecule has 1 heterocycles. The Morgan fingerprint density at radius 2 is 1.13 bits per heavy atom. The molecule has 7 aromatic carbocycles. The molecular weight excluding hydrogens is 569 g/mol. The number of hydrogen-bond acceptors (Lipinski definition) is 1. The molecule has 0 radical (unpaired) electrons. The molecule has 0 aliphatic heterocycles. The van der Waals surface area contributed by atoms with Crippen LogP contribution in [0.5, 0.6) is 0 Å². The Labute approximate surface area is 275 Å². The van der Waals surface area contributed by atoms with Crippen LogP contribution in [-0.4, -0.2) is 4.57 Å². The molecule has 0 saturated carbocycles. The molecule has 2 heteroatoms. The highest BCUT2D eigenvalue weighted by Gasteiger charge is 2.41. The van der Waals surface area contributed by atoms with Gasteiger partial charge in [-0.2, -0.15) is 0 Å². The summed E-state index contributed by atoms with van der Waals surface area (Å²) in [6.07, 6.45) is 0. The van der Waals surface area contributed by atoms with Crippen LogP contribution in [0, 0.1) is 0 Å². The number of rotatable bonds is 5. The molecule has 224 valence electrons. The maximum Gasteiger partial charge on any atom is 0.0540 e. The molecule has 0 spiro atoms. The van der Waals surface area contributed by atoms with E-state index < -0.39 is 0 Å². The molecule has 0 fully saturated rings. The lowest BCUT2D eigenvalue weighted by molar-refractivity contribution is 0.624. The van der Waals surface area contributed by atoms with Gasteiger partial charge in [0.15, 0.2) is 0 Å². The summed E-state index contributed by atoms with van der Waals surface area (Å²) in [6, 6.07) is 61.6. The van der Waals surface area contributed by atoms with Crippen molar-refractivity contribution in [2.24, 2.45) is 0 Å². The highest BCUT2D eigenvalue weighted by Crippen LogP contribution is 2.54. The zero-order chi connectivity index (χ0) is 31.5. The van der Waals surface area contributed by atoms with E-state index in [9.17, 15) is 0 Å². The van der Waals surface area contributed by atoms with Crippen molar-refractivity contribution in [3.05, 3.63) is 181 Å². The van der Waals surface area contributed by atoms with Gasteiger partial charge in [0.1, 0.15) is 0 Å². The van der Waals surface area contributed by atoms with E-state index in [1.54, 1.807) is 0 Å². The second-order valence-corrected chi connectivity index (χ2v) is 13.0. The Balaban J connectivity index is 1.17. The van der Waals surface area contributed by atoms with Crippen LogP contribution in [0.4, 0.5) is 17.1 Å². The molecule has 9 rings (SSSR count). The molecule has 0 bridgehead atoms. The summed E-state index contributed by atoms with van der Waals surface area (Å²) in [7, 11) is 0. The quantitative estimate of drug-likeness (QED) is 0.190. The zero-order valence-corrected chi connectivity index (χ0v) is 26.6. The summed E-state index contributed by atoms with van der Waals surface area (Å²) in [4.78, 5) is 2.36. The van der Waals surface area contributed by atoms with Gasteiger partial charge in [0, 0.05) is 44.5 Å². The lowest BCUT2D eigenvalue weighted by atomic mass is 9.84. The number of benzene rings is 7. The fraction of sp³-hybridized carbons (Fsp3) is 0.0667. The molecule has 0 N–H and O–H groups in total.